The van der Waals surface area contributed by atoms with Crippen molar-refractivity contribution in [3.8, 4) is 0 Å². The normalized spacial score (nSPS) is 15.1. The Bertz CT molecular complexity index is 590. The van der Waals surface area contributed by atoms with E-state index in [1.165, 1.54) is 36.0 Å². The number of hydrogen-bond acceptors (Lipinski definition) is 3. The molecule has 1 unspecified atom stereocenters. The third kappa shape index (κ3) is 2.73. The van der Waals surface area contributed by atoms with E-state index in [1.807, 2.05) is 26.4 Å². The van der Waals surface area contributed by atoms with Gasteiger partial charge in [-0.2, -0.15) is 0 Å². The van der Waals surface area contributed by atoms with Crippen LogP contribution in [0.5, 0.6) is 0 Å². The summed E-state index contributed by atoms with van der Waals surface area (Å²) in [7, 11) is 1.97. The Morgan fingerprint density at radius 3 is 2.65 bits per heavy atom. The molecule has 0 spiro atoms. The van der Waals surface area contributed by atoms with Crippen molar-refractivity contribution in [3.05, 3.63) is 58.7 Å². The van der Waals surface area contributed by atoms with Gasteiger partial charge in [0.2, 0.25) is 0 Å². The van der Waals surface area contributed by atoms with Crippen molar-refractivity contribution >= 4 is 0 Å². The second-order valence-electron chi connectivity index (χ2n) is 5.62. The van der Waals surface area contributed by atoms with E-state index >= 15 is 0 Å². The van der Waals surface area contributed by atoms with Gasteiger partial charge in [-0.15, -0.1) is 0 Å². The summed E-state index contributed by atoms with van der Waals surface area (Å²) in [6.45, 7) is 2.01. The average Bonchev–Trinajstić information content (AvgIpc) is 2.93. The summed E-state index contributed by atoms with van der Waals surface area (Å²) in [5, 5.41) is 3.33. The molecular formula is C17H21N3. The SMILES string of the molecule is CNC(Cc1ccc2c(c1)CCC2)c1ncc(C)cn1. The molecule has 0 radical (unpaired) electrons. The Balaban J connectivity index is 1.79. The van der Waals surface area contributed by atoms with Crippen LogP contribution in [-0.2, 0) is 19.3 Å². The van der Waals surface area contributed by atoms with E-state index in [9.17, 15) is 0 Å². The highest BCUT2D eigenvalue weighted by molar-refractivity contribution is 5.35. The fourth-order valence-electron chi connectivity index (χ4n) is 2.89. The number of nitrogens with zero attached hydrogens (tertiary/aromatic N) is 2. The lowest BCUT2D eigenvalue weighted by molar-refractivity contribution is 0.556. The maximum Gasteiger partial charge on any atom is 0.145 e. The first-order chi connectivity index (χ1) is 9.76. The van der Waals surface area contributed by atoms with Crippen LogP contribution in [0.4, 0.5) is 0 Å². The lowest BCUT2D eigenvalue weighted by Crippen LogP contribution is -2.21. The molecule has 3 nitrogen and oxygen atoms in total. The van der Waals surface area contributed by atoms with Crippen LogP contribution in [0.3, 0.4) is 0 Å². The van der Waals surface area contributed by atoms with Gasteiger partial charge in [-0.3, -0.25) is 0 Å². The molecule has 0 saturated carbocycles. The van der Waals surface area contributed by atoms with E-state index in [1.54, 1.807) is 0 Å². The zero-order chi connectivity index (χ0) is 13.9. The minimum atomic E-state index is 0.176. The Kier molecular flexibility index (Phi) is 3.79. The number of aromatic nitrogens is 2. The molecule has 1 aromatic heterocycles. The molecule has 1 atom stereocenters. The predicted octanol–water partition coefficient (Wildman–Crippen LogP) is 2.78. The fraction of sp³-hybridized carbons (Fsp3) is 0.412. The highest BCUT2D eigenvalue weighted by atomic mass is 15.0. The molecule has 1 N–H and O–H groups in total. The molecule has 20 heavy (non-hydrogen) atoms. The number of aryl methyl sites for hydroxylation is 3. The van der Waals surface area contributed by atoms with Crippen LogP contribution in [0.1, 0.15) is 40.5 Å². The summed E-state index contributed by atoms with van der Waals surface area (Å²) in [6, 6.07) is 7.08. The van der Waals surface area contributed by atoms with Crippen LogP contribution in [0.15, 0.2) is 30.6 Å². The molecule has 1 aliphatic carbocycles. The van der Waals surface area contributed by atoms with E-state index in [4.69, 9.17) is 0 Å². The molecule has 1 aliphatic rings. The summed E-state index contributed by atoms with van der Waals surface area (Å²) in [4.78, 5) is 8.89. The number of nitrogens with one attached hydrogen (secondary N) is 1. The molecule has 3 rings (SSSR count). The molecule has 3 heteroatoms. The fourth-order valence-corrected chi connectivity index (χ4v) is 2.89. The van der Waals surface area contributed by atoms with Crippen molar-refractivity contribution in [2.75, 3.05) is 7.05 Å². The van der Waals surface area contributed by atoms with E-state index in [0.717, 1.165) is 17.8 Å². The third-order valence-electron chi connectivity index (χ3n) is 4.06. The third-order valence-corrected chi connectivity index (χ3v) is 4.06. The zero-order valence-corrected chi connectivity index (χ0v) is 12.2. The molecule has 0 saturated heterocycles. The van der Waals surface area contributed by atoms with Crippen molar-refractivity contribution in [3.63, 3.8) is 0 Å². The first kappa shape index (κ1) is 13.3. The van der Waals surface area contributed by atoms with Crippen molar-refractivity contribution in [1.29, 1.82) is 0 Å². The standard InChI is InChI=1S/C17H21N3/c1-12-10-19-17(20-11-12)16(18-2)9-13-6-7-14-4-3-5-15(14)8-13/h6-8,10-11,16,18H,3-5,9H2,1-2H3. The van der Waals surface area contributed by atoms with Gasteiger partial charge in [-0.25, -0.2) is 9.97 Å². The summed E-state index contributed by atoms with van der Waals surface area (Å²) in [5.74, 6) is 0.874. The molecule has 2 aromatic rings. The summed E-state index contributed by atoms with van der Waals surface area (Å²) in [5.41, 5.74) is 5.53. The summed E-state index contributed by atoms with van der Waals surface area (Å²) < 4.78 is 0. The maximum atomic E-state index is 4.44. The molecule has 104 valence electrons. The van der Waals surface area contributed by atoms with Crippen molar-refractivity contribution in [2.24, 2.45) is 0 Å². The Hall–Kier alpha value is -1.74. The summed E-state index contributed by atoms with van der Waals surface area (Å²) >= 11 is 0. The highest BCUT2D eigenvalue weighted by Crippen LogP contribution is 2.24. The van der Waals surface area contributed by atoms with Crippen LogP contribution >= 0.6 is 0 Å². The lowest BCUT2D eigenvalue weighted by atomic mass is 10.0. The molecule has 0 amide bonds. The van der Waals surface area contributed by atoms with Gasteiger partial charge in [0.1, 0.15) is 5.82 Å². The Labute approximate surface area is 120 Å². The van der Waals surface area contributed by atoms with Gasteiger partial charge in [0.25, 0.3) is 0 Å². The zero-order valence-electron chi connectivity index (χ0n) is 12.2. The van der Waals surface area contributed by atoms with E-state index in [0.29, 0.717) is 0 Å². The molecular weight excluding hydrogens is 246 g/mol. The van der Waals surface area contributed by atoms with Gasteiger partial charge in [0, 0.05) is 12.4 Å². The second-order valence-corrected chi connectivity index (χ2v) is 5.62. The maximum absolute atomic E-state index is 4.44. The van der Waals surface area contributed by atoms with Crippen LogP contribution < -0.4 is 5.32 Å². The number of benzene rings is 1. The van der Waals surface area contributed by atoms with Crippen LogP contribution in [0.2, 0.25) is 0 Å². The van der Waals surface area contributed by atoms with Gasteiger partial charge in [-0.1, -0.05) is 18.2 Å². The molecule has 0 fully saturated rings. The Morgan fingerprint density at radius 2 is 1.90 bits per heavy atom. The smallest absolute Gasteiger partial charge is 0.145 e. The molecule has 0 aliphatic heterocycles. The number of hydrogen-bond donors (Lipinski definition) is 1. The largest absolute Gasteiger partial charge is 0.310 e. The quantitative estimate of drug-likeness (QED) is 0.925. The number of rotatable bonds is 4. The van der Waals surface area contributed by atoms with E-state index in [2.05, 4.69) is 33.5 Å². The monoisotopic (exact) mass is 267 g/mol. The number of likely N-dealkylation sites (N-methyl/N-ethyl adjacent to an activating group) is 1. The average molecular weight is 267 g/mol. The van der Waals surface area contributed by atoms with Crippen molar-refractivity contribution in [1.82, 2.24) is 15.3 Å². The highest BCUT2D eigenvalue weighted by Gasteiger charge is 2.15. The van der Waals surface area contributed by atoms with Crippen LogP contribution in [0.25, 0.3) is 0 Å². The Morgan fingerprint density at radius 1 is 1.15 bits per heavy atom. The van der Waals surface area contributed by atoms with Gasteiger partial charge in [0.05, 0.1) is 6.04 Å². The second kappa shape index (κ2) is 5.71. The minimum Gasteiger partial charge on any atom is -0.310 e. The topological polar surface area (TPSA) is 37.8 Å². The van der Waals surface area contributed by atoms with Gasteiger partial charge >= 0.3 is 0 Å². The van der Waals surface area contributed by atoms with Crippen molar-refractivity contribution < 1.29 is 0 Å². The van der Waals surface area contributed by atoms with Gasteiger partial charge in [0.15, 0.2) is 0 Å². The van der Waals surface area contributed by atoms with Gasteiger partial charge < -0.3 is 5.32 Å². The summed E-state index contributed by atoms with van der Waals surface area (Å²) in [6.07, 6.45) is 8.48. The molecule has 1 heterocycles. The molecule has 0 bridgehead atoms. The van der Waals surface area contributed by atoms with E-state index < -0.39 is 0 Å². The minimum absolute atomic E-state index is 0.176. The first-order valence-electron chi connectivity index (χ1n) is 7.33. The van der Waals surface area contributed by atoms with E-state index in [-0.39, 0.29) is 6.04 Å². The number of fused-ring (bicyclic) bond motifs is 1. The predicted molar refractivity (Wildman–Crippen MR) is 80.7 cm³/mol. The lowest BCUT2D eigenvalue weighted by Gasteiger charge is -2.15. The van der Waals surface area contributed by atoms with Crippen molar-refractivity contribution in [2.45, 2.75) is 38.6 Å². The van der Waals surface area contributed by atoms with Gasteiger partial charge in [-0.05, 0) is 61.9 Å². The van der Waals surface area contributed by atoms with Crippen LogP contribution in [0, 0.1) is 6.92 Å². The van der Waals surface area contributed by atoms with Crippen LogP contribution in [-0.4, -0.2) is 17.0 Å². The molecule has 1 aromatic carbocycles. The first-order valence-corrected chi connectivity index (χ1v) is 7.33.